The van der Waals surface area contributed by atoms with Gasteiger partial charge < -0.3 is 24.8 Å². The van der Waals surface area contributed by atoms with Gasteiger partial charge in [-0.25, -0.2) is 22.7 Å². The van der Waals surface area contributed by atoms with Gasteiger partial charge in [0, 0.05) is 0 Å². The van der Waals surface area contributed by atoms with Gasteiger partial charge in [0.1, 0.15) is 0 Å². The number of halogens is 4. The summed E-state index contributed by atoms with van der Waals surface area (Å²) >= 11 is 13.2. The summed E-state index contributed by atoms with van der Waals surface area (Å²) < 4.78 is 5.16. The summed E-state index contributed by atoms with van der Waals surface area (Å²) in [6.45, 7) is 0. The van der Waals surface area contributed by atoms with Crippen molar-refractivity contribution < 1.29 is 51.0 Å². The Morgan fingerprint density at radius 3 is 1.50 bits per heavy atom. The third-order valence-corrected chi connectivity index (χ3v) is 10.2. The second-order valence-corrected chi connectivity index (χ2v) is 12.7. The minimum Gasteiger partial charge on any atom is -1.00 e. The van der Waals surface area contributed by atoms with E-state index in [0.717, 1.165) is 0 Å². The molecule has 0 fully saturated rings. The first-order valence-corrected chi connectivity index (χ1v) is 12.4. The minimum absolute atomic E-state index is 0. The van der Waals surface area contributed by atoms with E-state index >= 15 is 0 Å². The zero-order chi connectivity index (χ0) is 18.1. The maximum Gasteiger partial charge on any atom is 4.00 e. The van der Waals surface area contributed by atoms with Crippen molar-refractivity contribution in [2.45, 2.75) is 8.42 Å². The molecular weight excluding hydrogens is 682 g/mol. The monoisotopic (exact) mass is 688 g/mol. The van der Waals surface area contributed by atoms with Crippen molar-refractivity contribution in [1.82, 2.24) is 0 Å². The summed E-state index contributed by atoms with van der Waals surface area (Å²) in [5.41, 5.74) is 5.40. The number of benzene rings is 2. The van der Waals surface area contributed by atoms with Gasteiger partial charge in [-0.1, -0.05) is 70.1 Å². The standard InChI is InChI=1S/C22H10Br2S3.2ClH.Zr/c23-19-15-9-11-5-1-3-7-13(11)17(15)21(25-19)27-22-18-14-8-4-2-6-12(14)10-16(18)20(24)26-22;;;/h1-10H;2*1H;/q-2;;;+4/p-2. The van der Waals surface area contributed by atoms with Gasteiger partial charge >= 0.3 is 26.2 Å². The van der Waals surface area contributed by atoms with Gasteiger partial charge in [-0.2, -0.15) is 11.8 Å². The molecule has 2 heterocycles. The molecule has 0 nitrogen and oxygen atoms in total. The van der Waals surface area contributed by atoms with Crippen LogP contribution in [0, 0.1) is 0 Å². The topological polar surface area (TPSA) is 0 Å². The maximum atomic E-state index is 3.80. The predicted molar refractivity (Wildman–Crippen MR) is 128 cm³/mol. The molecule has 0 radical (unpaired) electrons. The van der Waals surface area contributed by atoms with Gasteiger partial charge in [0.15, 0.2) is 0 Å². The number of rotatable bonds is 2. The molecule has 2 aliphatic heterocycles. The smallest absolute Gasteiger partial charge is 1.00 e. The van der Waals surface area contributed by atoms with E-state index in [1.54, 1.807) is 0 Å². The SMILES string of the molecule is Brc1s[c-](S[c-]2sc(Br)c3cc4ccccc4c2-3)c2c3ccccc3cc1-2.[Cl-].[Cl-].[Zr+4]. The van der Waals surface area contributed by atoms with Crippen molar-refractivity contribution in [2.75, 3.05) is 0 Å². The van der Waals surface area contributed by atoms with Crippen molar-refractivity contribution in [3.63, 3.8) is 0 Å². The van der Waals surface area contributed by atoms with E-state index in [4.69, 9.17) is 0 Å². The van der Waals surface area contributed by atoms with Crippen LogP contribution in [-0.2, 0) is 26.2 Å². The van der Waals surface area contributed by atoms with Crippen molar-refractivity contribution >= 4 is 87.8 Å². The first-order valence-electron chi connectivity index (χ1n) is 8.41. The molecule has 0 amide bonds. The fraction of sp³-hybridized carbons (Fsp3) is 0. The molecule has 0 N–H and O–H groups in total. The van der Waals surface area contributed by atoms with Crippen LogP contribution in [0.1, 0.15) is 0 Å². The van der Waals surface area contributed by atoms with Crippen LogP contribution < -0.4 is 24.8 Å². The zero-order valence-corrected chi connectivity index (χ0v) is 24.6. The molecule has 0 aromatic heterocycles. The van der Waals surface area contributed by atoms with Gasteiger partial charge in [0.05, 0.1) is 0 Å². The summed E-state index contributed by atoms with van der Waals surface area (Å²) in [5.74, 6) is 0. The van der Waals surface area contributed by atoms with E-state index in [0.29, 0.717) is 0 Å². The number of fused-ring (bicyclic) bond motifs is 6. The van der Waals surface area contributed by atoms with Crippen LogP contribution in [0.3, 0.4) is 0 Å². The first kappa shape index (κ1) is 25.0. The third-order valence-electron chi connectivity index (χ3n) is 4.98. The van der Waals surface area contributed by atoms with Crippen LogP contribution >= 0.6 is 66.3 Å². The molecule has 8 heteroatoms. The molecule has 2 aromatic rings. The molecule has 0 unspecified atom stereocenters. The molecule has 2 aromatic carbocycles. The summed E-state index contributed by atoms with van der Waals surface area (Å²) in [5, 5.41) is 5.32. The van der Waals surface area contributed by atoms with Crippen LogP contribution in [0.15, 0.2) is 76.7 Å². The fourth-order valence-corrected chi connectivity index (χ4v) is 9.85. The molecule has 0 bridgehead atoms. The molecule has 0 atom stereocenters. The molecule has 30 heavy (non-hydrogen) atoms. The average Bonchev–Trinajstić information content (AvgIpc) is 3.38. The van der Waals surface area contributed by atoms with Crippen LogP contribution in [0.2, 0.25) is 0 Å². The van der Waals surface area contributed by atoms with E-state index in [1.165, 1.54) is 59.8 Å². The van der Waals surface area contributed by atoms with Gasteiger partial charge in [-0.05, 0) is 16.0 Å². The summed E-state index contributed by atoms with van der Waals surface area (Å²) in [4.78, 5) is 0. The molecule has 4 aliphatic rings. The van der Waals surface area contributed by atoms with E-state index in [1.807, 2.05) is 34.4 Å². The minimum atomic E-state index is 0. The van der Waals surface area contributed by atoms with Gasteiger partial charge in [0.25, 0.3) is 0 Å². The van der Waals surface area contributed by atoms with Gasteiger partial charge in [-0.3, -0.25) is 0 Å². The summed E-state index contributed by atoms with van der Waals surface area (Å²) in [6.07, 6.45) is 0. The Morgan fingerprint density at radius 2 is 1.07 bits per heavy atom. The largest absolute Gasteiger partial charge is 4.00 e. The Morgan fingerprint density at radius 1 is 0.667 bits per heavy atom. The van der Waals surface area contributed by atoms with E-state index in [-0.39, 0.29) is 51.0 Å². The molecule has 0 saturated carbocycles. The van der Waals surface area contributed by atoms with E-state index in [9.17, 15) is 0 Å². The second kappa shape index (κ2) is 9.69. The quantitative estimate of drug-likeness (QED) is 0.251. The van der Waals surface area contributed by atoms with Crippen molar-refractivity contribution in [3.8, 4) is 22.3 Å². The van der Waals surface area contributed by atoms with Crippen molar-refractivity contribution in [2.24, 2.45) is 0 Å². The molecule has 6 rings (SSSR count). The first-order chi connectivity index (χ1) is 13.2. The Balaban J connectivity index is 0.000000853. The van der Waals surface area contributed by atoms with Gasteiger partial charge in [-0.15, -0.1) is 66.2 Å². The van der Waals surface area contributed by atoms with Crippen molar-refractivity contribution in [1.29, 1.82) is 0 Å². The fourth-order valence-electron chi connectivity index (χ4n) is 3.80. The summed E-state index contributed by atoms with van der Waals surface area (Å²) in [7, 11) is 0. The van der Waals surface area contributed by atoms with Crippen LogP contribution in [0.5, 0.6) is 0 Å². The second-order valence-electron chi connectivity index (χ2n) is 6.47. The summed E-state index contributed by atoms with van der Waals surface area (Å²) in [6, 6.07) is 22.0. The van der Waals surface area contributed by atoms with E-state index in [2.05, 4.69) is 92.5 Å². The number of hydrogen-bond acceptors (Lipinski definition) is 3. The Labute approximate surface area is 235 Å². The molecule has 2 aliphatic carbocycles. The Bertz CT molecular complexity index is 1290. The normalized spacial score (nSPS) is 11.0. The Hall–Kier alpha value is 0.353. The van der Waals surface area contributed by atoms with Crippen LogP contribution in [0.25, 0.3) is 43.8 Å². The average molecular weight is 692 g/mol. The Kier molecular flexibility index (Phi) is 8.07. The number of thiophene rings is 2. The van der Waals surface area contributed by atoms with Crippen LogP contribution in [0.4, 0.5) is 0 Å². The third kappa shape index (κ3) is 3.84. The number of hydrogen-bond donors (Lipinski definition) is 0. The maximum absolute atomic E-state index is 3.80. The van der Waals surface area contributed by atoms with E-state index < -0.39 is 0 Å². The molecule has 148 valence electrons. The van der Waals surface area contributed by atoms with Crippen LogP contribution in [-0.4, -0.2) is 0 Å². The predicted octanol–water partition coefficient (Wildman–Crippen LogP) is 3.45. The molecule has 0 spiro atoms. The zero-order valence-electron chi connectivity index (χ0n) is 15.0. The van der Waals surface area contributed by atoms with Gasteiger partial charge in [0.2, 0.25) is 0 Å². The molecular formula is C22H10Br2Cl2S3Zr. The molecule has 0 saturated heterocycles. The van der Waals surface area contributed by atoms with Crippen molar-refractivity contribution in [3.05, 3.63) is 68.2 Å².